The highest BCUT2D eigenvalue weighted by Gasteiger charge is 2.37. The maximum Gasteiger partial charge on any atom is 0.275 e. The molecule has 5 nitrogen and oxygen atoms in total. The number of hydrogen-bond acceptors (Lipinski definition) is 3. The van der Waals surface area contributed by atoms with Gasteiger partial charge in [0.05, 0.1) is 5.39 Å². The van der Waals surface area contributed by atoms with Gasteiger partial charge in [-0.3, -0.25) is 9.59 Å². The van der Waals surface area contributed by atoms with Crippen LogP contribution in [-0.4, -0.2) is 33.2 Å². The number of hydrogen-bond donors (Lipinski definition) is 0. The smallest absolute Gasteiger partial charge is 0.275 e. The summed E-state index contributed by atoms with van der Waals surface area (Å²) in [7, 11) is 0. The van der Waals surface area contributed by atoms with Gasteiger partial charge in [0, 0.05) is 24.5 Å². The van der Waals surface area contributed by atoms with Gasteiger partial charge in [-0.1, -0.05) is 31.0 Å². The molecule has 132 valence electrons. The number of carbonyl (C=O) groups excluding carboxylic acids is 1. The second kappa shape index (κ2) is 6.62. The number of fused-ring (bicyclic) bond motifs is 2. The molecular formula is C20H25N3O2. The first-order chi connectivity index (χ1) is 12.2. The summed E-state index contributed by atoms with van der Waals surface area (Å²) < 4.78 is 1.41. The van der Waals surface area contributed by atoms with Crippen LogP contribution in [-0.2, 0) is 6.54 Å². The van der Waals surface area contributed by atoms with E-state index >= 15 is 0 Å². The fraction of sp³-hybridized carbons (Fsp3) is 0.550. The van der Waals surface area contributed by atoms with Crippen molar-refractivity contribution >= 4 is 16.7 Å². The molecule has 0 N–H and O–H groups in total. The summed E-state index contributed by atoms with van der Waals surface area (Å²) in [6.45, 7) is 3.16. The van der Waals surface area contributed by atoms with Crippen LogP contribution in [0.4, 0.5) is 0 Å². The van der Waals surface area contributed by atoms with E-state index < -0.39 is 0 Å². The van der Waals surface area contributed by atoms with Crippen LogP contribution in [0.3, 0.4) is 0 Å². The maximum absolute atomic E-state index is 13.4. The Kier molecular flexibility index (Phi) is 4.32. The Morgan fingerprint density at radius 3 is 2.64 bits per heavy atom. The molecule has 25 heavy (non-hydrogen) atoms. The molecule has 1 saturated heterocycles. The number of rotatable bonds is 2. The zero-order chi connectivity index (χ0) is 17.4. The van der Waals surface area contributed by atoms with Crippen LogP contribution < -0.4 is 5.56 Å². The first-order valence-corrected chi connectivity index (χ1v) is 9.51. The maximum atomic E-state index is 13.4. The Bertz CT molecular complexity index is 856. The number of likely N-dealkylation sites (tertiary alicyclic amines) is 1. The van der Waals surface area contributed by atoms with Gasteiger partial charge in [-0.25, -0.2) is 4.68 Å². The third-order valence-electron chi connectivity index (χ3n) is 5.87. The Morgan fingerprint density at radius 2 is 1.84 bits per heavy atom. The predicted octanol–water partition coefficient (Wildman–Crippen LogP) is 3.21. The number of aryl methyl sites for hydroxylation is 1. The zero-order valence-electron chi connectivity index (χ0n) is 14.8. The number of aromatic nitrogens is 2. The minimum Gasteiger partial charge on any atom is -0.334 e. The van der Waals surface area contributed by atoms with Gasteiger partial charge < -0.3 is 4.90 Å². The summed E-state index contributed by atoms with van der Waals surface area (Å²) in [6.07, 6.45) is 7.12. The van der Waals surface area contributed by atoms with E-state index in [1.807, 2.05) is 30.0 Å². The van der Waals surface area contributed by atoms with Crippen LogP contribution in [0.2, 0.25) is 0 Å². The van der Waals surface area contributed by atoms with Crippen molar-refractivity contribution in [2.75, 3.05) is 6.54 Å². The van der Waals surface area contributed by atoms with E-state index in [1.54, 1.807) is 6.07 Å². The Hall–Kier alpha value is -2.17. The molecule has 2 unspecified atom stereocenters. The van der Waals surface area contributed by atoms with Crippen molar-refractivity contribution in [3.8, 4) is 0 Å². The molecule has 2 heterocycles. The van der Waals surface area contributed by atoms with Gasteiger partial charge in [0.15, 0.2) is 5.69 Å². The minimum absolute atomic E-state index is 0.00463. The molecular weight excluding hydrogens is 314 g/mol. The molecule has 2 aliphatic rings. The average Bonchev–Trinajstić information content (AvgIpc) is 2.67. The van der Waals surface area contributed by atoms with Crippen LogP contribution in [0.25, 0.3) is 10.8 Å². The van der Waals surface area contributed by atoms with Crippen LogP contribution in [0.15, 0.2) is 29.1 Å². The van der Waals surface area contributed by atoms with E-state index in [0.717, 1.165) is 19.4 Å². The predicted molar refractivity (Wildman–Crippen MR) is 97.7 cm³/mol. The largest absolute Gasteiger partial charge is 0.334 e. The van der Waals surface area contributed by atoms with Gasteiger partial charge in [-0.05, 0) is 44.6 Å². The molecule has 0 bridgehead atoms. The molecule has 0 radical (unpaired) electrons. The van der Waals surface area contributed by atoms with E-state index in [9.17, 15) is 9.59 Å². The van der Waals surface area contributed by atoms with Gasteiger partial charge in [0.2, 0.25) is 0 Å². The van der Waals surface area contributed by atoms with Crippen molar-refractivity contribution in [2.45, 2.75) is 58.0 Å². The van der Waals surface area contributed by atoms with E-state index in [-0.39, 0.29) is 11.5 Å². The van der Waals surface area contributed by atoms with Crippen LogP contribution >= 0.6 is 0 Å². The van der Waals surface area contributed by atoms with E-state index in [4.69, 9.17) is 0 Å². The van der Waals surface area contributed by atoms with Gasteiger partial charge in [0.25, 0.3) is 11.5 Å². The van der Waals surface area contributed by atoms with Gasteiger partial charge >= 0.3 is 0 Å². The van der Waals surface area contributed by atoms with Crippen LogP contribution in [0, 0.1) is 5.92 Å². The third kappa shape index (κ3) is 2.75. The molecule has 5 heteroatoms. The summed E-state index contributed by atoms with van der Waals surface area (Å²) in [6, 6.07) is 7.70. The summed E-state index contributed by atoms with van der Waals surface area (Å²) in [5, 5.41) is 5.71. The molecule has 1 amide bonds. The van der Waals surface area contributed by atoms with E-state index in [0.29, 0.717) is 35.0 Å². The first kappa shape index (κ1) is 16.3. The minimum atomic E-state index is -0.121. The number of carbonyl (C=O) groups is 1. The van der Waals surface area contributed by atoms with Crippen molar-refractivity contribution in [1.82, 2.24) is 14.7 Å². The second-order valence-electron chi connectivity index (χ2n) is 7.27. The van der Waals surface area contributed by atoms with E-state index in [2.05, 4.69) is 5.10 Å². The van der Waals surface area contributed by atoms with Crippen LogP contribution in [0.5, 0.6) is 0 Å². The second-order valence-corrected chi connectivity index (χ2v) is 7.27. The van der Waals surface area contributed by atoms with Gasteiger partial charge in [-0.15, -0.1) is 0 Å². The molecule has 1 aliphatic carbocycles. The summed E-state index contributed by atoms with van der Waals surface area (Å²) >= 11 is 0. The molecule has 0 spiro atoms. The fourth-order valence-corrected chi connectivity index (χ4v) is 4.62. The lowest BCUT2D eigenvalue weighted by Crippen LogP contribution is -2.50. The summed E-state index contributed by atoms with van der Waals surface area (Å²) in [5.74, 6) is 0.629. The lowest BCUT2D eigenvalue weighted by molar-refractivity contribution is 0.0385. The van der Waals surface area contributed by atoms with Crippen molar-refractivity contribution in [3.63, 3.8) is 0 Å². The Morgan fingerprint density at radius 1 is 1.12 bits per heavy atom. The lowest BCUT2D eigenvalue weighted by Gasteiger charge is -2.44. The fourth-order valence-electron chi connectivity index (χ4n) is 4.62. The molecule has 1 aliphatic heterocycles. The number of benzene rings is 1. The standard InChI is InChI=1S/C20H25N3O2/c1-2-23-19(24)16-11-5-4-10-15(16)18(21-23)20(25)22-13-7-9-14-8-3-6-12-17(14)22/h4-5,10-11,14,17H,2-3,6-9,12-13H2,1H3. The number of amides is 1. The van der Waals surface area contributed by atoms with Crippen molar-refractivity contribution in [3.05, 3.63) is 40.3 Å². The van der Waals surface area contributed by atoms with Crippen LogP contribution in [0.1, 0.15) is 55.9 Å². The first-order valence-electron chi connectivity index (χ1n) is 9.51. The normalized spacial score (nSPS) is 23.5. The third-order valence-corrected chi connectivity index (χ3v) is 5.87. The number of nitrogens with zero attached hydrogens (tertiary/aromatic N) is 3. The molecule has 2 aromatic rings. The van der Waals surface area contributed by atoms with Crippen molar-refractivity contribution in [1.29, 1.82) is 0 Å². The summed E-state index contributed by atoms with van der Waals surface area (Å²) in [5.41, 5.74) is 0.312. The summed E-state index contributed by atoms with van der Waals surface area (Å²) in [4.78, 5) is 28.0. The molecule has 1 aromatic carbocycles. The molecule has 1 saturated carbocycles. The molecule has 4 rings (SSSR count). The molecule has 2 fully saturated rings. The highest BCUT2D eigenvalue weighted by molar-refractivity contribution is 6.04. The average molecular weight is 339 g/mol. The highest BCUT2D eigenvalue weighted by Crippen LogP contribution is 2.36. The van der Waals surface area contributed by atoms with Crippen molar-refractivity contribution in [2.24, 2.45) is 5.92 Å². The Balaban J connectivity index is 1.79. The van der Waals surface area contributed by atoms with Gasteiger partial charge in [0.1, 0.15) is 0 Å². The quantitative estimate of drug-likeness (QED) is 0.844. The SMILES string of the molecule is CCn1nc(C(=O)N2CCCC3CCCCC32)c2ccccc2c1=O. The lowest BCUT2D eigenvalue weighted by atomic mass is 9.78. The number of piperidine rings is 1. The molecule has 2 atom stereocenters. The van der Waals surface area contributed by atoms with Crippen molar-refractivity contribution < 1.29 is 4.79 Å². The highest BCUT2D eigenvalue weighted by atomic mass is 16.2. The van der Waals surface area contributed by atoms with E-state index in [1.165, 1.54) is 30.4 Å². The molecule has 1 aromatic heterocycles. The Labute approximate surface area is 147 Å². The zero-order valence-corrected chi connectivity index (χ0v) is 14.8. The topological polar surface area (TPSA) is 55.2 Å². The van der Waals surface area contributed by atoms with Gasteiger partial charge in [-0.2, -0.15) is 5.10 Å². The monoisotopic (exact) mass is 339 g/mol.